The average Bonchev–Trinajstić information content (AvgIpc) is 2.30. The lowest BCUT2D eigenvalue weighted by Crippen LogP contribution is -2.37. The van der Waals surface area contributed by atoms with Gasteiger partial charge in [0.25, 0.3) is 0 Å². The molecule has 90 valence electrons. The molecule has 0 aromatic heterocycles. The predicted molar refractivity (Wildman–Crippen MR) is 72.5 cm³/mol. The zero-order chi connectivity index (χ0) is 10.7. The van der Waals surface area contributed by atoms with E-state index in [9.17, 15) is 0 Å². The Morgan fingerprint density at radius 3 is 2.44 bits per heavy atom. The average molecular weight is 260 g/mol. The molecule has 1 saturated carbocycles. The lowest BCUT2D eigenvalue weighted by Gasteiger charge is -2.36. The zero-order valence-electron chi connectivity index (χ0n) is 9.42. The van der Waals surface area contributed by atoms with Crippen LogP contribution in [0.2, 0.25) is 5.02 Å². The number of nitrogens with two attached hydrogens (primary N) is 1. The van der Waals surface area contributed by atoms with Gasteiger partial charge in [0.1, 0.15) is 0 Å². The highest BCUT2D eigenvalue weighted by atomic mass is 35.5. The fraction of sp³-hybridized carbons (Fsp3) is 0.538. The Bertz CT molecular complexity index is 332. The number of hydrogen-bond donors (Lipinski definition) is 1. The Morgan fingerprint density at radius 1 is 1.19 bits per heavy atom. The first-order valence-electron chi connectivity index (χ1n) is 5.73. The summed E-state index contributed by atoms with van der Waals surface area (Å²) >= 11 is 6.04. The van der Waals surface area contributed by atoms with Gasteiger partial charge in [0.2, 0.25) is 0 Å². The summed E-state index contributed by atoms with van der Waals surface area (Å²) in [4.78, 5) is 0. The SMILES string of the molecule is Cl.NCC1(c2cccc(Cl)c2)CCCCC1. The lowest BCUT2D eigenvalue weighted by atomic mass is 9.69. The second-order valence-electron chi connectivity index (χ2n) is 4.56. The molecule has 2 N–H and O–H groups in total. The molecule has 0 atom stereocenters. The number of benzene rings is 1. The standard InChI is InChI=1S/C13H18ClN.ClH/c14-12-6-4-5-11(9-12)13(10-15)7-2-1-3-8-13;/h4-6,9H,1-3,7-8,10,15H2;1H. The third-order valence-electron chi connectivity index (χ3n) is 3.64. The summed E-state index contributed by atoms with van der Waals surface area (Å²) in [5.74, 6) is 0. The maximum absolute atomic E-state index is 6.04. The van der Waals surface area contributed by atoms with Crippen molar-refractivity contribution < 1.29 is 0 Å². The smallest absolute Gasteiger partial charge is 0.0408 e. The van der Waals surface area contributed by atoms with E-state index in [4.69, 9.17) is 17.3 Å². The van der Waals surface area contributed by atoms with Crippen molar-refractivity contribution in [2.45, 2.75) is 37.5 Å². The molecule has 2 rings (SSSR count). The normalized spacial score (nSPS) is 18.9. The molecule has 16 heavy (non-hydrogen) atoms. The summed E-state index contributed by atoms with van der Waals surface area (Å²) in [5.41, 5.74) is 7.51. The van der Waals surface area contributed by atoms with E-state index in [2.05, 4.69) is 12.1 Å². The first-order valence-corrected chi connectivity index (χ1v) is 6.11. The molecule has 1 aliphatic carbocycles. The number of halogens is 2. The Balaban J connectivity index is 0.00000128. The fourth-order valence-electron chi connectivity index (χ4n) is 2.66. The van der Waals surface area contributed by atoms with Crippen molar-refractivity contribution in [2.75, 3.05) is 6.54 Å². The van der Waals surface area contributed by atoms with Crippen LogP contribution < -0.4 is 5.73 Å². The van der Waals surface area contributed by atoms with E-state index in [0.29, 0.717) is 0 Å². The van der Waals surface area contributed by atoms with Crippen LogP contribution in [0, 0.1) is 0 Å². The van der Waals surface area contributed by atoms with Gasteiger partial charge in [0, 0.05) is 17.0 Å². The van der Waals surface area contributed by atoms with Crippen molar-refractivity contribution in [2.24, 2.45) is 5.73 Å². The Morgan fingerprint density at radius 2 is 1.88 bits per heavy atom. The third kappa shape index (κ3) is 2.71. The molecular weight excluding hydrogens is 241 g/mol. The molecule has 1 aliphatic rings. The molecule has 0 saturated heterocycles. The van der Waals surface area contributed by atoms with Gasteiger partial charge in [0.05, 0.1) is 0 Å². The Labute approximate surface area is 109 Å². The van der Waals surface area contributed by atoms with Gasteiger partial charge in [0.15, 0.2) is 0 Å². The summed E-state index contributed by atoms with van der Waals surface area (Å²) in [7, 11) is 0. The van der Waals surface area contributed by atoms with Gasteiger partial charge < -0.3 is 5.73 Å². The van der Waals surface area contributed by atoms with E-state index in [0.717, 1.165) is 11.6 Å². The maximum Gasteiger partial charge on any atom is 0.0408 e. The van der Waals surface area contributed by atoms with Crippen LogP contribution in [0.15, 0.2) is 24.3 Å². The van der Waals surface area contributed by atoms with Gasteiger partial charge >= 0.3 is 0 Å². The molecule has 1 aromatic carbocycles. The first kappa shape index (κ1) is 13.8. The van der Waals surface area contributed by atoms with E-state index >= 15 is 0 Å². The van der Waals surface area contributed by atoms with Crippen LogP contribution in [-0.4, -0.2) is 6.54 Å². The minimum absolute atomic E-state index is 0. The van der Waals surface area contributed by atoms with Gasteiger partial charge in [-0.15, -0.1) is 12.4 Å². The summed E-state index contributed by atoms with van der Waals surface area (Å²) in [5, 5.41) is 0.825. The van der Waals surface area contributed by atoms with Crippen molar-refractivity contribution in [1.29, 1.82) is 0 Å². The number of rotatable bonds is 2. The quantitative estimate of drug-likeness (QED) is 0.856. The molecule has 0 heterocycles. The molecule has 1 aromatic rings. The Kier molecular flexibility index (Phi) is 5.10. The molecule has 0 amide bonds. The second-order valence-corrected chi connectivity index (χ2v) is 4.99. The van der Waals surface area contributed by atoms with Gasteiger partial charge in [-0.05, 0) is 30.5 Å². The van der Waals surface area contributed by atoms with Crippen LogP contribution in [-0.2, 0) is 5.41 Å². The molecule has 3 heteroatoms. The summed E-state index contributed by atoms with van der Waals surface area (Å²) in [6, 6.07) is 8.21. The lowest BCUT2D eigenvalue weighted by molar-refractivity contribution is 0.301. The van der Waals surface area contributed by atoms with Crippen LogP contribution in [0.1, 0.15) is 37.7 Å². The van der Waals surface area contributed by atoms with Crippen molar-refractivity contribution in [3.8, 4) is 0 Å². The van der Waals surface area contributed by atoms with Crippen LogP contribution in [0.4, 0.5) is 0 Å². The maximum atomic E-state index is 6.04. The van der Waals surface area contributed by atoms with Crippen molar-refractivity contribution >= 4 is 24.0 Å². The van der Waals surface area contributed by atoms with Crippen molar-refractivity contribution in [1.82, 2.24) is 0 Å². The summed E-state index contributed by atoms with van der Waals surface area (Å²) in [6.07, 6.45) is 6.36. The highest BCUT2D eigenvalue weighted by Crippen LogP contribution is 2.39. The predicted octanol–water partition coefficient (Wildman–Crippen LogP) is 3.92. The van der Waals surface area contributed by atoms with E-state index in [-0.39, 0.29) is 17.8 Å². The van der Waals surface area contributed by atoms with Crippen LogP contribution in [0.25, 0.3) is 0 Å². The van der Waals surface area contributed by atoms with E-state index < -0.39 is 0 Å². The minimum Gasteiger partial charge on any atom is -0.330 e. The van der Waals surface area contributed by atoms with Crippen LogP contribution in [0.5, 0.6) is 0 Å². The largest absolute Gasteiger partial charge is 0.330 e. The molecule has 1 nitrogen and oxygen atoms in total. The van der Waals surface area contributed by atoms with Gasteiger partial charge in [-0.3, -0.25) is 0 Å². The highest BCUT2D eigenvalue weighted by Gasteiger charge is 2.32. The van der Waals surface area contributed by atoms with Crippen molar-refractivity contribution in [3.05, 3.63) is 34.9 Å². The molecule has 0 bridgehead atoms. The summed E-state index contributed by atoms with van der Waals surface area (Å²) in [6.45, 7) is 0.743. The summed E-state index contributed by atoms with van der Waals surface area (Å²) < 4.78 is 0. The van der Waals surface area contributed by atoms with Gasteiger partial charge in [-0.2, -0.15) is 0 Å². The van der Waals surface area contributed by atoms with E-state index in [1.807, 2.05) is 12.1 Å². The zero-order valence-corrected chi connectivity index (χ0v) is 11.0. The topological polar surface area (TPSA) is 26.0 Å². The molecule has 0 radical (unpaired) electrons. The van der Waals surface area contributed by atoms with Crippen molar-refractivity contribution in [3.63, 3.8) is 0 Å². The Hall–Kier alpha value is -0.240. The number of hydrogen-bond acceptors (Lipinski definition) is 1. The van der Waals surface area contributed by atoms with E-state index in [1.54, 1.807) is 0 Å². The highest BCUT2D eigenvalue weighted by molar-refractivity contribution is 6.30. The third-order valence-corrected chi connectivity index (χ3v) is 3.87. The van der Waals surface area contributed by atoms with Gasteiger partial charge in [-0.1, -0.05) is 43.0 Å². The van der Waals surface area contributed by atoms with Crippen LogP contribution >= 0.6 is 24.0 Å². The minimum atomic E-state index is 0. The van der Waals surface area contributed by atoms with Gasteiger partial charge in [-0.25, -0.2) is 0 Å². The molecule has 0 spiro atoms. The molecule has 0 aliphatic heterocycles. The first-order chi connectivity index (χ1) is 7.27. The molecular formula is C13H19Cl2N. The second kappa shape index (κ2) is 5.90. The molecule has 1 fully saturated rings. The fourth-order valence-corrected chi connectivity index (χ4v) is 2.85. The van der Waals surface area contributed by atoms with Crippen LogP contribution in [0.3, 0.4) is 0 Å². The molecule has 0 unspecified atom stereocenters. The van der Waals surface area contributed by atoms with E-state index in [1.165, 1.54) is 37.7 Å². The monoisotopic (exact) mass is 259 g/mol.